The molecule has 0 aliphatic carbocycles. The number of benzene rings is 1. The molecule has 1 unspecified atom stereocenters. The van der Waals surface area contributed by atoms with Gasteiger partial charge in [0, 0.05) is 19.1 Å². The zero-order valence-electron chi connectivity index (χ0n) is 10.8. The van der Waals surface area contributed by atoms with Crippen LogP contribution in [0.4, 0.5) is 4.39 Å². The van der Waals surface area contributed by atoms with E-state index >= 15 is 0 Å². The van der Waals surface area contributed by atoms with E-state index in [9.17, 15) is 12.8 Å². The molecule has 2 rings (SSSR count). The Morgan fingerprint density at radius 1 is 1.26 bits per heavy atom. The van der Waals surface area contributed by atoms with Gasteiger partial charge >= 0.3 is 0 Å². The normalized spacial score (nSPS) is 22.1. The molecule has 1 fully saturated rings. The lowest BCUT2D eigenvalue weighted by Gasteiger charge is -2.28. The Labute approximate surface area is 113 Å². The van der Waals surface area contributed by atoms with Gasteiger partial charge in [0.05, 0.1) is 0 Å². The SMILES string of the molecule is NCC1CCCCCN1S(=O)(=O)c1ccccc1F. The van der Waals surface area contributed by atoms with E-state index in [2.05, 4.69) is 0 Å². The first-order valence-corrected chi connectivity index (χ1v) is 7.98. The molecule has 1 atom stereocenters. The molecule has 0 amide bonds. The highest BCUT2D eigenvalue weighted by Crippen LogP contribution is 2.25. The molecular formula is C13H19FN2O2S. The number of nitrogens with two attached hydrogens (primary N) is 1. The van der Waals surface area contributed by atoms with Gasteiger partial charge < -0.3 is 5.73 Å². The average molecular weight is 286 g/mol. The Kier molecular flexibility index (Phi) is 4.54. The van der Waals surface area contributed by atoms with Crippen molar-refractivity contribution in [2.45, 2.75) is 36.6 Å². The van der Waals surface area contributed by atoms with Crippen LogP contribution in [0.25, 0.3) is 0 Å². The van der Waals surface area contributed by atoms with E-state index in [0.29, 0.717) is 6.54 Å². The van der Waals surface area contributed by atoms with E-state index in [0.717, 1.165) is 25.7 Å². The minimum atomic E-state index is -3.80. The third kappa shape index (κ3) is 2.96. The Hall–Kier alpha value is -0.980. The second-order valence-electron chi connectivity index (χ2n) is 4.79. The minimum absolute atomic E-state index is 0.230. The second-order valence-corrected chi connectivity index (χ2v) is 6.64. The van der Waals surface area contributed by atoms with Crippen LogP contribution < -0.4 is 5.73 Å². The topological polar surface area (TPSA) is 63.4 Å². The van der Waals surface area contributed by atoms with E-state index < -0.39 is 15.8 Å². The van der Waals surface area contributed by atoms with Gasteiger partial charge in [-0.15, -0.1) is 0 Å². The zero-order chi connectivity index (χ0) is 13.9. The van der Waals surface area contributed by atoms with Crippen LogP contribution in [0.15, 0.2) is 29.2 Å². The monoisotopic (exact) mass is 286 g/mol. The van der Waals surface area contributed by atoms with E-state index in [1.165, 1.54) is 28.6 Å². The molecule has 0 bridgehead atoms. The molecule has 1 saturated heterocycles. The minimum Gasteiger partial charge on any atom is -0.329 e. The maximum absolute atomic E-state index is 13.7. The first-order chi connectivity index (χ1) is 9.07. The fourth-order valence-electron chi connectivity index (χ4n) is 2.48. The number of rotatable bonds is 3. The van der Waals surface area contributed by atoms with Crippen LogP contribution in [0.5, 0.6) is 0 Å². The average Bonchev–Trinajstić information content (AvgIpc) is 2.64. The number of sulfonamides is 1. The lowest BCUT2D eigenvalue weighted by Crippen LogP contribution is -2.44. The van der Waals surface area contributed by atoms with Gasteiger partial charge in [-0.2, -0.15) is 4.31 Å². The van der Waals surface area contributed by atoms with Crippen molar-refractivity contribution < 1.29 is 12.8 Å². The van der Waals surface area contributed by atoms with Crippen LogP contribution in [0.3, 0.4) is 0 Å². The van der Waals surface area contributed by atoms with Crippen molar-refractivity contribution >= 4 is 10.0 Å². The van der Waals surface area contributed by atoms with Gasteiger partial charge in [-0.05, 0) is 25.0 Å². The Bertz CT molecular complexity index is 533. The summed E-state index contributed by atoms with van der Waals surface area (Å²) in [6.45, 7) is 0.687. The predicted molar refractivity (Wildman–Crippen MR) is 71.6 cm³/mol. The van der Waals surface area contributed by atoms with Crippen molar-refractivity contribution in [1.29, 1.82) is 0 Å². The number of nitrogens with zero attached hydrogens (tertiary/aromatic N) is 1. The van der Waals surface area contributed by atoms with Crippen LogP contribution in [0.1, 0.15) is 25.7 Å². The van der Waals surface area contributed by atoms with E-state index in [4.69, 9.17) is 5.73 Å². The van der Waals surface area contributed by atoms with Crippen LogP contribution in [-0.2, 0) is 10.0 Å². The van der Waals surface area contributed by atoms with Crippen molar-refractivity contribution in [3.63, 3.8) is 0 Å². The molecule has 1 aromatic carbocycles. The maximum atomic E-state index is 13.7. The standard InChI is InChI=1S/C13H19FN2O2S/c14-12-7-3-4-8-13(12)19(17,18)16-9-5-1-2-6-11(16)10-15/h3-4,7-8,11H,1-2,5-6,9-10,15H2. The second kappa shape index (κ2) is 5.98. The molecule has 1 aliphatic rings. The maximum Gasteiger partial charge on any atom is 0.246 e. The molecule has 4 nitrogen and oxygen atoms in total. The summed E-state index contributed by atoms with van der Waals surface area (Å²) in [5, 5.41) is 0. The van der Waals surface area contributed by atoms with Crippen molar-refractivity contribution in [3.05, 3.63) is 30.1 Å². The molecule has 2 N–H and O–H groups in total. The highest BCUT2D eigenvalue weighted by atomic mass is 32.2. The zero-order valence-corrected chi connectivity index (χ0v) is 11.6. The molecule has 1 heterocycles. The van der Waals surface area contributed by atoms with Gasteiger partial charge in [-0.25, -0.2) is 12.8 Å². The third-order valence-corrected chi connectivity index (χ3v) is 5.50. The smallest absolute Gasteiger partial charge is 0.246 e. The first kappa shape index (κ1) is 14.4. The van der Waals surface area contributed by atoms with E-state index in [1.807, 2.05) is 0 Å². The summed E-state index contributed by atoms with van der Waals surface area (Å²) in [6.07, 6.45) is 3.49. The van der Waals surface area contributed by atoms with Gasteiger partial charge in [-0.3, -0.25) is 0 Å². The lowest BCUT2D eigenvalue weighted by molar-refractivity contribution is 0.326. The molecule has 0 radical (unpaired) electrons. The Morgan fingerprint density at radius 3 is 2.68 bits per heavy atom. The summed E-state index contributed by atoms with van der Waals surface area (Å²) >= 11 is 0. The summed E-state index contributed by atoms with van der Waals surface area (Å²) in [4.78, 5) is -0.254. The van der Waals surface area contributed by atoms with E-state index in [1.54, 1.807) is 0 Å². The fraction of sp³-hybridized carbons (Fsp3) is 0.538. The summed E-state index contributed by atoms with van der Waals surface area (Å²) in [5.41, 5.74) is 5.68. The largest absolute Gasteiger partial charge is 0.329 e. The molecule has 19 heavy (non-hydrogen) atoms. The summed E-state index contributed by atoms with van der Waals surface area (Å²) in [5.74, 6) is -0.706. The van der Waals surface area contributed by atoms with Crippen molar-refractivity contribution in [2.75, 3.05) is 13.1 Å². The number of hydrogen-bond acceptors (Lipinski definition) is 3. The molecule has 106 valence electrons. The van der Waals surface area contributed by atoms with Crippen LogP contribution >= 0.6 is 0 Å². The van der Waals surface area contributed by atoms with Crippen LogP contribution in [-0.4, -0.2) is 31.9 Å². The van der Waals surface area contributed by atoms with Crippen LogP contribution in [0.2, 0.25) is 0 Å². The molecular weight excluding hydrogens is 267 g/mol. The van der Waals surface area contributed by atoms with Gasteiger partial charge in [0.15, 0.2) is 0 Å². The molecule has 0 saturated carbocycles. The summed E-state index contributed by atoms with van der Waals surface area (Å²) in [6, 6.07) is 5.26. The molecule has 0 aromatic heterocycles. The quantitative estimate of drug-likeness (QED) is 0.920. The molecule has 1 aliphatic heterocycles. The Balaban J connectivity index is 2.39. The number of halogens is 1. The van der Waals surface area contributed by atoms with Crippen molar-refractivity contribution in [1.82, 2.24) is 4.31 Å². The van der Waals surface area contributed by atoms with Gasteiger partial charge in [0.1, 0.15) is 10.7 Å². The molecule has 0 spiro atoms. The highest BCUT2D eigenvalue weighted by molar-refractivity contribution is 7.89. The van der Waals surface area contributed by atoms with Crippen molar-refractivity contribution in [2.24, 2.45) is 5.73 Å². The fourth-order valence-corrected chi connectivity index (χ4v) is 4.25. The molecule has 6 heteroatoms. The third-order valence-electron chi connectivity index (χ3n) is 3.52. The predicted octanol–water partition coefficient (Wildman–Crippen LogP) is 1.72. The van der Waals surface area contributed by atoms with E-state index in [-0.39, 0.29) is 17.5 Å². The van der Waals surface area contributed by atoms with Crippen LogP contribution in [0, 0.1) is 5.82 Å². The lowest BCUT2D eigenvalue weighted by atomic mass is 10.1. The summed E-state index contributed by atoms with van der Waals surface area (Å²) < 4.78 is 40.2. The van der Waals surface area contributed by atoms with Gasteiger partial charge in [-0.1, -0.05) is 25.0 Å². The molecule has 1 aromatic rings. The highest BCUT2D eigenvalue weighted by Gasteiger charge is 2.33. The van der Waals surface area contributed by atoms with Gasteiger partial charge in [0.2, 0.25) is 10.0 Å². The van der Waals surface area contributed by atoms with Gasteiger partial charge in [0.25, 0.3) is 0 Å². The van der Waals surface area contributed by atoms with Crippen molar-refractivity contribution in [3.8, 4) is 0 Å². The first-order valence-electron chi connectivity index (χ1n) is 6.54. The Morgan fingerprint density at radius 2 is 2.00 bits per heavy atom. The number of hydrogen-bond donors (Lipinski definition) is 1. The summed E-state index contributed by atoms with van der Waals surface area (Å²) in [7, 11) is -3.80.